The lowest BCUT2D eigenvalue weighted by Crippen LogP contribution is -2.38. The lowest BCUT2D eigenvalue weighted by Gasteiger charge is -2.26. The molecule has 1 saturated heterocycles. The first-order chi connectivity index (χ1) is 17.6. The van der Waals surface area contributed by atoms with Crippen LogP contribution in [-0.4, -0.2) is 73.0 Å². The molecule has 1 aliphatic heterocycles. The van der Waals surface area contributed by atoms with Gasteiger partial charge in [0.1, 0.15) is 18.1 Å². The topological polar surface area (TPSA) is 99.7 Å². The van der Waals surface area contributed by atoms with Crippen LogP contribution in [0.2, 0.25) is 0 Å². The van der Waals surface area contributed by atoms with Crippen molar-refractivity contribution >= 4 is 22.5 Å². The molecule has 2 aromatic heterocycles. The minimum atomic E-state index is 0.622. The number of nitrogen functional groups attached to an aromatic ring is 1. The Bertz CT molecular complexity index is 1250. The van der Waals surface area contributed by atoms with Crippen molar-refractivity contribution in [2.75, 3.05) is 64.7 Å². The largest absolute Gasteiger partial charge is 0.497 e. The third kappa shape index (κ3) is 6.24. The van der Waals surface area contributed by atoms with Crippen molar-refractivity contribution in [3.63, 3.8) is 0 Å². The summed E-state index contributed by atoms with van der Waals surface area (Å²) in [6.07, 6.45) is 5.81. The summed E-state index contributed by atoms with van der Waals surface area (Å²) in [6.45, 7) is 5.06. The van der Waals surface area contributed by atoms with E-state index in [0.29, 0.717) is 24.0 Å². The normalized spacial score (nSPS) is 13.6. The summed E-state index contributed by atoms with van der Waals surface area (Å²) in [5.74, 6) is 2.08. The summed E-state index contributed by atoms with van der Waals surface area (Å²) in [7, 11) is 5.49. The van der Waals surface area contributed by atoms with Gasteiger partial charge < -0.3 is 29.8 Å². The van der Waals surface area contributed by atoms with E-state index < -0.39 is 0 Å². The summed E-state index contributed by atoms with van der Waals surface area (Å²) in [6, 6.07) is 13.8. The van der Waals surface area contributed by atoms with E-state index in [-0.39, 0.29) is 0 Å². The van der Waals surface area contributed by atoms with Crippen LogP contribution in [0.5, 0.6) is 11.5 Å². The van der Waals surface area contributed by atoms with Gasteiger partial charge in [0.05, 0.1) is 26.0 Å². The second-order valence-electron chi connectivity index (χ2n) is 8.42. The number of nitrogens with two attached hydrogens (primary N) is 1. The van der Waals surface area contributed by atoms with Crippen LogP contribution in [0.4, 0.5) is 11.6 Å². The Kier molecular flexibility index (Phi) is 8.59. The number of rotatable bonds is 7. The van der Waals surface area contributed by atoms with Crippen LogP contribution in [0.3, 0.4) is 0 Å². The molecule has 0 atom stereocenters. The predicted molar refractivity (Wildman–Crippen MR) is 144 cm³/mol. The van der Waals surface area contributed by atoms with Gasteiger partial charge in [-0.05, 0) is 18.2 Å². The van der Waals surface area contributed by atoms with Crippen molar-refractivity contribution < 1.29 is 14.2 Å². The number of hydrogen-bond acceptors (Lipinski definition) is 8. The molecule has 3 heterocycles. The van der Waals surface area contributed by atoms with Crippen molar-refractivity contribution in [2.24, 2.45) is 7.05 Å². The second-order valence-corrected chi connectivity index (χ2v) is 8.42. The number of ether oxygens (including phenoxy) is 3. The number of methoxy groups -OCH3 is 1. The van der Waals surface area contributed by atoms with Crippen LogP contribution in [-0.2, 0) is 11.8 Å². The number of benzene rings is 2. The minimum absolute atomic E-state index is 0.622. The van der Waals surface area contributed by atoms with Crippen molar-refractivity contribution in [3.8, 4) is 22.6 Å². The SMILES string of the molecule is CNc1ncc(-c2cn(C)c3ccccc23)cn1.COc1ccc(N)c(OCCN2CCOCC2)c1. The first kappa shape index (κ1) is 25.3. The molecule has 0 radical (unpaired) electrons. The monoisotopic (exact) mass is 490 g/mol. The van der Waals surface area contributed by atoms with Crippen LogP contribution in [0.25, 0.3) is 22.0 Å². The number of nitrogens with one attached hydrogen (secondary N) is 1. The number of fused-ring (bicyclic) bond motifs is 1. The van der Waals surface area contributed by atoms with Gasteiger partial charge in [-0.2, -0.15) is 0 Å². The van der Waals surface area contributed by atoms with Crippen LogP contribution >= 0.6 is 0 Å². The van der Waals surface area contributed by atoms with E-state index in [1.165, 1.54) is 10.9 Å². The zero-order valence-corrected chi connectivity index (χ0v) is 21.1. The van der Waals surface area contributed by atoms with Crippen LogP contribution < -0.4 is 20.5 Å². The summed E-state index contributed by atoms with van der Waals surface area (Å²) < 4.78 is 18.3. The molecule has 9 heteroatoms. The second kappa shape index (κ2) is 12.2. The molecule has 0 spiro atoms. The fourth-order valence-electron chi connectivity index (χ4n) is 4.04. The number of hydrogen-bond donors (Lipinski definition) is 2. The Morgan fingerprint density at radius 3 is 2.56 bits per heavy atom. The molecule has 0 saturated carbocycles. The summed E-state index contributed by atoms with van der Waals surface area (Å²) >= 11 is 0. The third-order valence-corrected chi connectivity index (χ3v) is 6.07. The van der Waals surface area contributed by atoms with Crippen molar-refractivity contribution in [1.82, 2.24) is 19.4 Å². The number of nitrogens with zero attached hydrogens (tertiary/aromatic N) is 4. The van der Waals surface area contributed by atoms with E-state index in [4.69, 9.17) is 19.9 Å². The molecule has 0 bridgehead atoms. The lowest BCUT2D eigenvalue weighted by molar-refractivity contribution is 0.0323. The van der Waals surface area contributed by atoms with Gasteiger partial charge in [-0.15, -0.1) is 0 Å². The van der Waals surface area contributed by atoms with Crippen molar-refractivity contribution in [2.45, 2.75) is 0 Å². The average Bonchev–Trinajstić information content (AvgIpc) is 3.27. The molecule has 0 aliphatic carbocycles. The van der Waals surface area contributed by atoms with E-state index in [2.05, 4.69) is 56.2 Å². The number of aromatic nitrogens is 3. The maximum atomic E-state index is 5.85. The highest BCUT2D eigenvalue weighted by Gasteiger charge is 2.11. The first-order valence-corrected chi connectivity index (χ1v) is 12.0. The average molecular weight is 491 g/mol. The summed E-state index contributed by atoms with van der Waals surface area (Å²) in [5, 5.41) is 4.14. The molecule has 0 unspecified atom stereocenters. The Balaban J connectivity index is 0.000000169. The molecule has 1 aliphatic rings. The van der Waals surface area contributed by atoms with Crippen LogP contribution in [0.15, 0.2) is 61.1 Å². The van der Waals surface area contributed by atoms with Gasteiger partial charge in [0, 0.05) is 80.4 Å². The Morgan fingerprint density at radius 1 is 1.08 bits per heavy atom. The van der Waals surface area contributed by atoms with E-state index in [1.54, 1.807) is 13.2 Å². The predicted octanol–water partition coefficient (Wildman–Crippen LogP) is 3.67. The number of morpholine rings is 1. The lowest BCUT2D eigenvalue weighted by atomic mass is 10.1. The standard InChI is InChI=1S/C14H14N4.C13H20N2O3/c1-15-14-16-7-10(8-17-14)12-9-18(2)13-6-4-3-5-11(12)13;1-16-11-2-3-12(14)13(10-11)18-9-6-15-4-7-17-8-5-15/h3-9H,1-2H3,(H,15,16,17);2-3,10H,4-9,14H2,1H3. The van der Waals surface area contributed by atoms with E-state index in [0.717, 1.165) is 49.7 Å². The summed E-state index contributed by atoms with van der Waals surface area (Å²) in [5.41, 5.74) is 9.90. The third-order valence-electron chi connectivity index (χ3n) is 6.07. The molecule has 1 fully saturated rings. The molecule has 3 N–H and O–H groups in total. The van der Waals surface area contributed by atoms with Gasteiger partial charge in [-0.1, -0.05) is 18.2 Å². The van der Waals surface area contributed by atoms with E-state index in [9.17, 15) is 0 Å². The molecule has 9 nitrogen and oxygen atoms in total. The van der Waals surface area contributed by atoms with Crippen molar-refractivity contribution in [3.05, 3.63) is 61.1 Å². The minimum Gasteiger partial charge on any atom is -0.497 e. The molecule has 5 rings (SSSR count). The first-order valence-electron chi connectivity index (χ1n) is 12.0. The van der Waals surface area contributed by atoms with E-state index in [1.807, 2.05) is 37.6 Å². The number of anilines is 2. The van der Waals surface area contributed by atoms with Crippen LogP contribution in [0, 0.1) is 0 Å². The van der Waals surface area contributed by atoms with Gasteiger partial charge in [0.15, 0.2) is 0 Å². The quantitative estimate of drug-likeness (QED) is 0.379. The Morgan fingerprint density at radius 2 is 1.83 bits per heavy atom. The fourth-order valence-corrected chi connectivity index (χ4v) is 4.04. The Hall–Kier alpha value is -3.82. The van der Waals surface area contributed by atoms with Gasteiger partial charge in [0.25, 0.3) is 0 Å². The van der Waals surface area contributed by atoms with E-state index >= 15 is 0 Å². The van der Waals surface area contributed by atoms with Crippen LogP contribution in [0.1, 0.15) is 0 Å². The highest BCUT2D eigenvalue weighted by atomic mass is 16.5. The highest BCUT2D eigenvalue weighted by Crippen LogP contribution is 2.29. The Labute approximate surface area is 211 Å². The van der Waals surface area contributed by atoms with Gasteiger partial charge in [-0.25, -0.2) is 9.97 Å². The summed E-state index contributed by atoms with van der Waals surface area (Å²) in [4.78, 5) is 10.8. The maximum Gasteiger partial charge on any atom is 0.222 e. The molecular weight excluding hydrogens is 456 g/mol. The van der Waals surface area contributed by atoms with Gasteiger partial charge in [-0.3, -0.25) is 4.90 Å². The molecule has 190 valence electrons. The van der Waals surface area contributed by atoms with Gasteiger partial charge >= 0.3 is 0 Å². The highest BCUT2D eigenvalue weighted by molar-refractivity contribution is 5.95. The molecule has 36 heavy (non-hydrogen) atoms. The number of aryl methyl sites for hydroxylation is 1. The van der Waals surface area contributed by atoms with Gasteiger partial charge in [0.2, 0.25) is 5.95 Å². The number of para-hydroxylation sites is 1. The maximum absolute atomic E-state index is 5.85. The fraction of sp³-hybridized carbons (Fsp3) is 0.333. The molecule has 0 amide bonds. The molecular formula is C27H34N6O3. The molecule has 2 aromatic carbocycles. The zero-order valence-electron chi connectivity index (χ0n) is 21.1. The van der Waals surface area contributed by atoms with Crippen molar-refractivity contribution in [1.29, 1.82) is 0 Å². The smallest absolute Gasteiger partial charge is 0.222 e. The zero-order chi connectivity index (χ0) is 25.3. The molecule has 4 aromatic rings.